The summed E-state index contributed by atoms with van der Waals surface area (Å²) in [6.07, 6.45) is 2.98. The number of nitrogens with zero attached hydrogens (tertiary/aromatic N) is 3. The fourth-order valence-electron chi connectivity index (χ4n) is 3.73. The number of halogens is 1. The van der Waals surface area contributed by atoms with E-state index >= 15 is 0 Å². The van der Waals surface area contributed by atoms with E-state index in [1.807, 2.05) is 13.0 Å². The molecular weight excluding hydrogens is 529 g/mol. The summed E-state index contributed by atoms with van der Waals surface area (Å²) >= 11 is 0. The van der Waals surface area contributed by atoms with Crippen LogP contribution in [0.4, 0.5) is 0 Å². The predicted octanol–water partition coefficient (Wildman–Crippen LogP) is 1.87. The second kappa shape index (κ2) is 13.6. The second-order valence-electron chi connectivity index (χ2n) is 7.69. The Labute approximate surface area is 203 Å². The Morgan fingerprint density at radius 3 is 2.55 bits per heavy atom. The van der Waals surface area contributed by atoms with Crippen LogP contribution in [0.5, 0.6) is 0 Å². The minimum absolute atomic E-state index is 0. The van der Waals surface area contributed by atoms with E-state index in [4.69, 9.17) is 4.74 Å². The third-order valence-corrected chi connectivity index (χ3v) is 7.33. The lowest BCUT2D eigenvalue weighted by atomic mass is 10.2. The molecule has 0 radical (unpaired) electrons. The van der Waals surface area contributed by atoms with Gasteiger partial charge in [0, 0.05) is 45.8 Å². The van der Waals surface area contributed by atoms with E-state index in [9.17, 15) is 8.42 Å². The summed E-state index contributed by atoms with van der Waals surface area (Å²) in [5.41, 5.74) is 0.887. The largest absolute Gasteiger partial charge is 0.379 e. The number of ether oxygens (including phenoxy) is 1. The highest BCUT2D eigenvalue weighted by molar-refractivity contribution is 14.0. The van der Waals surface area contributed by atoms with Crippen molar-refractivity contribution in [1.82, 2.24) is 19.8 Å². The average Bonchev–Trinajstić information content (AvgIpc) is 2.79. The van der Waals surface area contributed by atoms with Gasteiger partial charge in [-0.25, -0.2) is 13.4 Å². The van der Waals surface area contributed by atoms with Crippen LogP contribution in [-0.2, 0) is 21.3 Å². The Bertz CT molecular complexity index is 794. The summed E-state index contributed by atoms with van der Waals surface area (Å²) in [6, 6.07) is 7.17. The van der Waals surface area contributed by atoms with Crippen molar-refractivity contribution in [2.24, 2.45) is 4.99 Å². The highest BCUT2D eigenvalue weighted by Crippen LogP contribution is 2.21. The Hall–Kier alpha value is -0.950. The summed E-state index contributed by atoms with van der Waals surface area (Å²) in [6.45, 7) is 9.72. The van der Waals surface area contributed by atoms with Gasteiger partial charge in [0.25, 0.3) is 0 Å². The molecule has 0 unspecified atom stereocenters. The SMILES string of the molecule is CCNC(=NCc1cccc(S(=O)(=O)N2CCCCC2)c1)NCCN1CCOCC1.I. The van der Waals surface area contributed by atoms with Gasteiger partial charge >= 0.3 is 0 Å². The molecule has 2 fully saturated rings. The Morgan fingerprint density at radius 2 is 1.84 bits per heavy atom. The smallest absolute Gasteiger partial charge is 0.243 e. The zero-order chi connectivity index (χ0) is 21.2. The summed E-state index contributed by atoms with van der Waals surface area (Å²) < 4.78 is 32.8. The molecule has 176 valence electrons. The van der Waals surface area contributed by atoms with Crippen LogP contribution in [0.15, 0.2) is 34.2 Å². The number of piperidine rings is 1. The van der Waals surface area contributed by atoms with E-state index in [1.165, 1.54) is 0 Å². The maximum absolute atomic E-state index is 12.9. The van der Waals surface area contributed by atoms with Gasteiger partial charge in [-0.2, -0.15) is 4.31 Å². The van der Waals surface area contributed by atoms with Crippen LogP contribution in [0.3, 0.4) is 0 Å². The lowest BCUT2D eigenvalue weighted by Crippen LogP contribution is -2.44. The maximum atomic E-state index is 12.9. The first-order valence-electron chi connectivity index (χ1n) is 11.0. The molecule has 0 saturated carbocycles. The summed E-state index contributed by atoms with van der Waals surface area (Å²) in [4.78, 5) is 7.38. The molecule has 3 rings (SSSR count). The van der Waals surface area contributed by atoms with E-state index in [2.05, 4.69) is 20.5 Å². The zero-order valence-electron chi connectivity index (χ0n) is 18.4. The Balaban J connectivity index is 0.00000341. The van der Waals surface area contributed by atoms with Crippen LogP contribution in [0.1, 0.15) is 31.7 Å². The number of hydrogen-bond donors (Lipinski definition) is 2. The van der Waals surface area contributed by atoms with Gasteiger partial charge in [-0.15, -0.1) is 24.0 Å². The quantitative estimate of drug-likeness (QED) is 0.285. The predicted molar refractivity (Wildman–Crippen MR) is 135 cm³/mol. The molecule has 0 aromatic heterocycles. The normalized spacial score (nSPS) is 18.9. The molecule has 2 heterocycles. The van der Waals surface area contributed by atoms with Crippen molar-refractivity contribution >= 4 is 40.0 Å². The number of sulfonamides is 1. The molecule has 31 heavy (non-hydrogen) atoms. The van der Waals surface area contributed by atoms with Gasteiger partial charge in [0.15, 0.2) is 5.96 Å². The van der Waals surface area contributed by atoms with Crippen LogP contribution in [0, 0.1) is 0 Å². The maximum Gasteiger partial charge on any atom is 0.243 e. The van der Waals surface area contributed by atoms with Crippen LogP contribution in [0.2, 0.25) is 0 Å². The monoisotopic (exact) mass is 565 g/mol. The molecular formula is C21H36IN5O3S. The molecule has 0 spiro atoms. The molecule has 1 aromatic rings. The van der Waals surface area contributed by atoms with Crippen molar-refractivity contribution < 1.29 is 13.2 Å². The number of rotatable bonds is 8. The molecule has 2 N–H and O–H groups in total. The first-order chi connectivity index (χ1) is 14.6. The van der Waals surface area contributed by atoms with E-state index in [-0.39, 0.29) is 24.0 Å². The molecule has 8 nitrogen and oxygen atoms in total. The number of morpholine rings is 1. The molecule has 2 aliphatic rings. The van der Waals surface area contributed by atoms with Crippen molar-refractivity contribution in [3.05, 3.63) is 29.8 Å². The highest BCUT2D eigenvalue weighted by Gasteiger charge is 2.25. The van der Waals surface area contributed by atoms with Crippen LogP contribution >= 0.6 is 24.0 Å². The number of nitrogens with one attached hydrogen (secondary N) is 2. The first-order valence-corrected chi connectivity index (χ1v) is 12.4. The van der Waals surface area contributed by atoms with Crippen molar-refractivity contribution in [2.75, 3.05) is 59.0 Å². The van der Waals surface area contributed by atoms with Crippen molar-refractivity contribution in [1.29, 1.82) is 0 Å². The van der Waals surface area contributed by atoms with Crippen LogP contribution < -0.4 is 10.6 Å². The Kier molecular flexibility index (Phi) is 11.5. The minimum Gasteiger partial charge on any atom is -0.379 e. The van der Waals surface area contributed by atoms with Gasteiger partial charge in [0.2, 0.25) is 10.0 Å². The fraction of sp³-hybridized carbons (Fsp3) is 0.667. The van der Waals surface area contributed by atoms with Gasteiger partial charge in [0.05, 0.1) is 24.7 Å². The molecule has 2 saturated heterocycles. The molecule has 1 aromatic carbocycles. The average molecular weight is 566 g/mol. The topological polar surface area (TPSA) is 86.3 Å². The summed E-state index contributed by atoms with van der Waals surface area (Å²) in [5, 5.41) is 6.62. The molecule has 0 bridgehead atoms. The number of aliphatic imine (C=N–C) groups is 1. The molecule has 0 atom stereocenters. The summed E-state index contributed by atoms with van der Waals surface area (Å²) in [5.74, 6) is 0.745. The lowest BCUT2D eigenvalue weighted by molar-refractivity contribution is 0.0389. The van der Waals surface area contributed by atoms with Crippen molar-refractivity contribution in [3.63, 3.8) is 0 Å². The van der Waals surface area contributed by atoms with E-state index < -0.39 is 10.0 Å². The van der Waals surface area contributed by atoms with Crippen LogP contribution in [-0.4, -0.2) is 82.6 Å². The van der Waals surface area contributed by atoms with Gasteiger partial charge in [-0.05, 0) is 37.5 Å². The van der Waals surface area contributed by atoms with Gasteiger partial charge in [-0.3, -0.25) is 4.90 Å². The first kappa shape index (κ1) is 26.3. The number of guanidine groups is 1. The lowest BCUT2D eigenvalue weighted by Gasteiger charge is -2.26. The number of benzene rings is 1. The van der Waals surface area contributed by atoms with E-state index in [0.717, 1.165) is 76.7 Å². The van der Waals surface area contributed by atoms with E-state index in [1.54, 1.807) is 22.5 Å². The van der Waals surface area contributed by atoms with Gasteiger partial charge in [0.1, 0.15) is 0 Å². The molecule has 2 aliphatic heterocycles. The standard InChI is InChI=1S/C21H35N5O3S.HI/c1-2-22-21(23-9-12-25-13-15-29-16-14-25)24-18-19-7-6-8-20(17-19)30(27,28)26-10-4-3-5-11-26;/h6-8,17H,2-5,9-16,18H2,1H3,(H2,22,23,24);1H. The second-order valence-corrected chi connectivity index (χ2v) is 9.63. The van der Waals surface area contributed by atoms with Crippen LogP contribution in [0.25, 0.3) is 0 Å². The van der Waals surface area contributed by atoms with Crippen molar-refractivity contribution in [3.8, 4) is 0 Å². The van der Waals surface area contributed by atoms with Gasteiger partial charge in [-0.1, -0.05) is 18.6 Å². The van der Waals surface area contributed by atoms with Gasteiger partial charge < -0.3 is 15.4 Å². The van der Waals surface area contributed by atoms with E-state index in [0.29, 0.717) is 24.5 Å². The Morgan fingerprint density at radius 1 is 1.10 bits per heavy atom. The summed E-state index contributed by atoms with van der Waals surface area (Å²) in [7, 11) is -3.42. The molecule has 0 amide bonds. The highest BCUT2D eigenvalue weighted by atomic mass is 127. The molecule has 10 heteroatoms. The minimum atomic E-state index is -3.42. The fourth-order valence-corrected chi connectivity index (χ4v) is 5.32. The zero-order valence-corrected chi connectivity index (χ0v) is 21.5. The number of hydrogen-bond acceptors (Lipinski definition) is 5. The van der Waals surface area contributed by atoms with Crippen molar-refractivity contribution in [2.45, 2.75) is 37.6 Å². The molecule has 0 aliphatic carbocycles. The third-order valence-electron chi connectivity index (χ3n) is 5.44. The third kappa shape index (κ3) is 8.16.